The average Bonchev–Trinajstić information content (AvgIpc) is 2.28. The number of ketones is 1. The lowest BCUT2D eigenvalue weighted by Crippen LogP contribution is -2.28. The van der Waals surface area contributed by atoms with Gasteiger partial charge >= 0.3 is 0 Å². The molecular weight excluding hydrogens is 200 g/mol. The average molecular weight is 220 g/mol. The summed E-state index contributed by atoms with van der Waals surface area (Å²) >= 11 is 0. The fourth-order valence-electron chi connectivity index (χ4n) is 1.67. The molecule has 0 bridgehead atoms. The van der Waals surface area contributed by atoms with Crippen molar-refractivity contribution in [1.29, 1.82) is 0 Å². The van der Waals surface area contributed by atoms with E-state index < -0.39 is 0 Å². The van der Waals surface area contributed by atoms with E-state index in [0.717, 1.165) is 12.1 Å². The van der Waals surface area contributed by atoms with Crippen molar-refractivity contribution in [2.45, 2.75) is 39.7 Å². The molecule has 3 nitrogen and oxygen atoms in total. The molecule has 3 heteroatoms. The highest BCUT2D eigenvalue weighted by atomic mass is 16.1. The summed E-state index contributed by atoms with van der Waals surface area (Å²) < 4.78 is 0. The zero-order chi connectivity index (χ0) is 12.1. The second kappa shape index (κ2) is 5.64. The molecule has 88 valence electrons. The molecular formula is C13H20N2O. The minimum Gasteiger partial charge on any atom is -0.371 e. The first-order valence-corrected chi connectivity index (χ1v) is 5.76. The zero-order valence-electron chi connectivity index (χ0n) is 10.5. The van der Waals surface area contributed by atoms with Crippen LogP contribution in [0.4, 0.5) is 5.69 Å². The number of carbonyl (C=O) groups excluding carboxylic acids is 1. The first-order chi connectivity index (χ1) is 7.56. The largest absolute Gasteiger partial charge is 0.371 e. The first-order valence-electron chi connectivity index (χ1n) is 5.76. The van der Waals surface area contributed by atoms with Crippen molar-refractivity contribution in [3.63, 3.8) is 0 Å². The van der Waals surface area contributed by atoms with Crippen LogP contribution >= 0.6 is 0 Å². The molecule has 1 aromatic heterocycles. The van der Waals surface area contributed by atoms with Crippen molar-refractivity contribution in [3.8, 4) is 0 Å². The molecule has 1 unspecified atom stereocenters. The molecule has 1 atom stereocenters. The number of rotatable bonds is 5. The van der Waals surface area contributed by atoms with Gasteiger partial charge in [0, 0.05) is 20.0 Å². The summed E-state index contributed by atoms with van der Waals surface area (Å²) in [6.45, 7) is 5.91. The standard InChI is InChI=1S/C13H20N2O/c1-5-6-10(2)15(4)12-7-8-13(11(3)16)14-9-12/h7-10H,5-6H2,1-4H3. The van der Waals surface area contributed by atoms with Crippen molar-refractivity contribution < 1.29 is 4.79 Å². The molecule has 0 spiro atoms. The van der Waals surface area contributed by atoms with Crippen LogP contribution in [0.25, 0.3) is 0 Å². The summed E-state index contributed by atoms with van der Waals surface area (Å²) in [7, 11) is 2.06. The van der Waals surface area contributed by atoms with Crippen LogP contribution < -0.4 is 4.90 Å². The van der Waals surface area contributed by atoms with Crippen molar-refractivity contribution in [3.05, 3.63) is 24.0 Å². The Morgan fingerprint density at radius 1 is 1.50 bits per heavy atom. The van der Waals surface area contributed by atoms with E-state index >= 15 is 0 Å². The van der Waals surface area contributed by atoms with Crippen molar-refractivity contribution in [2.75, 3.05) is 11.9 Å². The summed E-state index contributed by atoms with van der Waals surface area (Å²) in [5, 5.41) is 0. The van der Waals surface area contributed by atoms with E-state index in [1.807, 2.05) is 6.07 Å². The molecule has 0 aliphatic carbocycles. The van der Waals surface area contributed by atoms with Gasteiger partial charge in [0.05, 0.1) is 11.9 Å². The van der Waals surface area contributed by atoms with E-state index in [1.54, 1.807) is 12.3 Å². The van der Waals surface area contributed by atoms with Crippen molar-refractivity contribution in [2.24, 2.45) is 0 Å². The van der Waals surface area contributed by atoms with Gasteiger partial charge in [-0.05, 0) is 25.5 Å². The smallest absolute Gasteiger partial charge is 0.178 e. The van der Waals surface area contributed by atoms with Crippen LogP contribution in [0.5, 0.6) is 0 Å². The van der Waals surface area contributed by atoms with E-state index in [9.17, 15) is 4.79 Å². The normalized spacial score (nSPS) is 12.2. The van der Waals surface area contributed by atoms with E-state index in [4.69, 9.17) is 0 Å². The van der Waals surface area contributed by atoms with Gasteiger partial charge in [0.25, 0.3) is 0 Å². The molecule has 1 heterocycles. The molecule has 0 amide bonds. The molecule has 16 heavy (non-hydrogen) atoms. The van der Waals surface area contributed by atoms with Gasteiger partial charge in [-0.2, -0.15) is 0 Å². The number of hydrogen-bond acceptors (Lipinski definition) is 3. The van der Waals surface area contributed by atoms with Crippen molar-refractivity contribution >= 4 is 11.5 Å². The Labute approximate surface area is 97.5 Å². The van der Waals surface area contributed by atoms with Gasteiger partial charge in [0.15, 0.2) is 5.78 Å². The monoisotopic (exact) mass is 220 g/mol. The maximum atomic E-state index is 11.1. The van der Waals surface area contributed by atoms with Crippen LogP contribution in [0.15, 0.2) is 18.3 Å². The maximum absolute atomic E-state index is 11.1. The molecule has 0 radical (unpaired) electrons. The third-order valence-electron chi connectivity index (χ3n) is 2.88. The topological polar surface area (TPSA) is 33.2 Å². The molecule has 0 fully saturated rings. The maximum Gasteiger partial charge on any atom is 0.178 e. The minimum atomic E-state index is 0.0100. The van der Waals surface area contributed by atoms with Crippen LogP contribution in [-0.2, 0) is 0 Å². The number of Topliss-reactive ketones (excluding diaryl/α,β-unsaturated/α-hetero) is 1. The predicted molar refractivity (Wildman–Crippen MR) is 67.0 cm³/mol. The Hall–Kier alpha value is -1.38. The molecule has 0 saturated carbocycles. The SMILES string of the molecule is CCCC(C)N(C)c1ccc(C(C)=O)nc1. The van der Waals surface area contributed by atoms with Gasteiger partial charge in [-0.3, -0.25) is 9.78 Å². The first kappa shape index (κ1) is 12.7. The fraction of sp³-hybridized carbons (Fsp3) is 0.538. The molecule has 0 aromatic carbocycles. The highest BCUT2D eigenvalue weighted by molar-refractivity contribution is 5.92. The Bertz CT molecular complexity index is 345. The molecule has 0 aliphatic rings. The van der Waals surface area contributed by atoms with Crippen LogP contribution in [0.2, 0.25) is 0 Å². The lowest BCUT2D eigenvalue weighted by molar-refractivity contribution is 0.101. The Kier molecular flexibility index (Phi) is 4.47. The van der Waals surface area contributed by atoms with Crippen molar-refractivity contribution in [1.82, 2.24) is 4.98 Å². The Balaban J connectivity index is 2.77. The number of nitrogens with zero attached hydrogens (tertiary/aromatic N) is 2. The summed E-state index contributed by atoms with van der Waals surface area (Å²) in [6.07, 6.45) is 4.10. The van der Waals surface area contributed by atoms with Crippen LogP contribution in [0.3, 0.4) is 0 Å². The number of hydrogen-bond donors (Lipinski definition) is 0. The summed E-state index contributed by atoms with van der Waals surface area (Å²) in [5.41, 5.74) is 1.59. The lowest BCUT2D eigenvalue weighted by Gasteiger charge is -2.26. The predicted octanol–water partition coefficient (Wildman–Crippen LogP) is 2.91. The quantitative estimate of drug-likeness (QED) is 0.715. The third kappa shape index (κ3) is 3.05. The second-order valence-corrected chi connectivity index (χ2v) is 4.21. The highest BCUT2D eigenvalue weighted by Gasteiger charge is 2.09. The lowest BCUT2D eigenvalue weighted by atomic mass is 10.1. The van der Waals surface area contributed by atoms with Gasteiger partial charge in [0.1, 0.15) is 5.69 Å². The molecule has 1 aromatic rings. The fourth-order valence-corrected chi connectivity index (χ4v) is 1.67. The van der Waals surface area contributed by atoms with Gasteiger partial charge in [-0.1, -0.05) is 13.3 Å². The highest BCUT2D eigenvalue weighted by Crippen LogP contribution is 2.16. The number of carbonyl (C=O) groups is 1. The number of anilines is 1. The molecule has 0 N–H and O–H groups in total. The minimum absolute atomic E-state index is 0.0100. The summed E-state index contributed by atoms with van der Waals surface area (Å²) in [6, 6.07) is 4.23. The van der Waals surface area contributed by atoms with Gasteiger partial charge in [-0.15, -0.1) is 0 Å². The second-order valence-electron chi connectivity index (χ2n) is 4.21. The molecule has 0 aliphatic heterocycles. The van der Waals surface area contributed by atoms with Crippen LogP contribution in [0, 0.1) is 0 Å². The summed E-state index contributed by atoms with van der Waals surface area (Å²) in [5.74, 6) is 0.0100. The van der Waals surface area contributed by atoms with E-state index in [1.165, 1.54) is 13.3 Å². The van der Waals surface area contributed by atoms with Crippen LogP contribution in [0.1, 0.15) is 44.1 Å². The van der Waals surface area contributed by atoms with E-state index in [0.29, 0.717) is 11.7 Å². The van der Waals surface area contributed by atoms with E-state index in [2.05, 4.69) is 30.8 Å². The van der Waals surface area contributed by atoms with Gasteiger partial charge in [-0.25, -0.2) is 0 Å². The Morgan fingerprint density at radius 2 is 2.19 bits per heavy atom. The number of aromatic nitrogens is 1. The third-order valence-corrected chi connectivity index (χ3v) is 2.88. The molecule has 1 rings (SSSR count). The van der Waals surface area contributed by atoms with Gasteiger partial charge < -0.3 is 4.90 Å². The zero-order valence-corrected chi connectivity index (χ0v) is 10.5. The van der Waals surface area contributed by atoms with Crippen LogP contribution in [-0.4, -0.2) is 23.9 Å². The van der Waals surface area contributed by atoms with E-state index in [-0.39, 0.29) is 5.78 Å². The number of pyridine rings is 1. The Morgan fingerprint density at radius 3 is 2.62 bits per heavy atom. The summed E-state index contributed by atoms with van der Waals surface area (Å²) in [4.78, 5) is 17.4. The van der Waals surface area contributed by atoms with Gasteiger partial charge in [0.2, 0.25) is 0 Å². The molecule has 0 saturated heterocycles.